The third-order valence-electron chi connectivity index (χ3n) is 1.60. The smallest absolute Gasteiger partial charge is 0.854 e. The molecule has 12 heavy (non-hydrogen) atoms. The van der Waals surface area contributed by atoms with Crippen molar-refractivity contribution in [3.8, 4) is 0 Å². The van der Waals surface area contributed by atoms with Gasteiger partial charge in [-0.1, -0.05) is 39.0 Å². The second-order valence-electron chi connectivity index (χ2n) is 3.41. The predicted molar refractivity (Wildman–Crippen MR) is 44.6 cm³/mol. The molecule has 3 heteroatoms. The van der Waals surface area contributed by atoms with Crippen LogP contribution in [0.2, 0.25) is 0 Å². The number of hydrogen-bond acceptors (Lipinski definition) is 1. The average Bonchev–Trinajstić information content (AvgIpc) is 1.84. The maximum Gasteiger partial charge on any atom is 1.00 e. The quantitative estimate of drug-likeness (QED) is 0.302. The van der Waals surface area contributed by atoms with Gasteiger partial charge in [0, 0.05) is 0 Å². The van der Waals surface area contributed by atoms with Crippen molar-refractivity contribution in [2.75, 3.05) is 6.61 Å². The number of hydrogen-bond donors (Lipinski definition) is 0. The monoisotopic (exact) mass is 158 g/mol. The van der Waals surface area contributed by atoms with Crippen molar-refractivity contribution >= 4 is 0 Å². The molecule has 0 rings (SSSR count). The zero-order chi connectivity index (χ0) is 7.33. The molecule has 0 aromatic carbocycles. The standard InChI is InChI=1S/C8H17O.CH3.2Li/c1-4-5-6-8(2,3)7-9;;;/h4-7H2,1-3H3;1H3;;/q2*-1;2*+1. The van der Waals surface area contributed by atoms with Crippen LogP contribution in [0, 0.1) is 12.8 Å². The topological polar surface area (TPSA) is 23.1 Å². The van der Waals surface area contributed by atoms with Crippen LogP contribution in [0.1, 0.15) is 40.0 Å². The fourth-order valence-corrected chi connectivity index (χ4v) is 0.727. The Labute approximate surface area is 102 Å². The number of rotatable bonds is 4. The minimum atomic E-state index is 0. The Kier molecular flexibility index (Phi) is 23.5. The minimum absolute atomic E-state index is 0. The second kappa shape index (κ2) is 12.2. The molecule has 0 atom stereocenters. The molecule has 0 bridgehead atoms. The van der Waals surface area contributed by atoms with Crippen molar-refractivity contribution in [1.29, 1.82) is 0 Å². The fraction of sp³-hybridized carbons (Fsp3) is 0.889. The van der Waals surface area contributed by atoms with Gasteiger partial charge in [0.15, 0.2) is 0 Å². The van der Waals surface area contributed by atoms with Crippen molar-refractivity contribution < 1.29 is 42.8 Å². The average molecular weight is 158 g/mol. The Morgan fingerprint density at radius 2 is 1.58 bits per heavy atom. The van der Waals surface area contributed by atoms with E-state index in [1.165, 1.54) is 12.8 Å². The van der Waals surface area contributed by atoms with Gasteiger partial charge in [-0.3, -0.25) is 0 Å². The van der Waals surface area contributed by atoms with Crippen LogP contribution in [0.3, 0.4) is 0 Å². The SMILES string of the molecule is CCCCC(C)(C)C[O-].[CH3-].[Li+].[Li+]. The normalized spacial score (nSPS) is 9.00. The molecule has 0 heterocycles. The zero-order valence-electron chi connectivity index (χ0n) is 9.74. The van der Waals surface area contributed by atoms with Crippen LogP contribution in [0.4, 0.5) is 0 Å². The summed E-state index contributed by atoms with van der Waals surface area (Å²) in [6.45, 7) is 6.29. The predicted octanol–water partition coefficient (Wildman–Crippen LogP) is -3.98. The van der Waals surface area contributed by atoms with Crippen LogP contribution in [-0.4, -0.2) is 6.61 Å². The molecule has 0 fully saturated rings. The molecule has 0 aromatic rings. The van der Waals surface area contributed by atoms with E-state index in [1.807, 2.05) is 13.8 Å². The van der Waals surface area contributed by atoms with Gasteiger partial charge in [-0.25, -0.2) is 0 Å². The molecule has 0 amide bonds. The molecule has 0 unspecified atom stereocenters. The van der Waals surface area contributed by atoms with Crippen molar-refractivity contribution in [2.24, 2.45) is 5.41 Å². The van der Waals surface area contributed by atoms with E-state index in [0.29, 0.717) is 0 Å². The maximum atomic E-state index is 10.5. The molecule has 0 radical (unpaired) electrons. The van der Waals surface area contributed by atoms with E-state index < -0.39 is 0 Å². The minimum Gasteiger partial charge on any atom is -0.854 e. The Morgan fingerprint density at radius 1 is 1.17 bits per heavy atom. The van der Waals surface area contributed by atoms with Gasteiger partial charge < -0.3 is 12.5 Å². The largest absolute Gasteiger partial charge is 1.00 e. The molecule has 0 aliphatic heterocycles. The fourth-order valence-electron chi connectivity index (χ4n) is 0.727. The van der Waals surface area contributed by atoms with Gasteiger partial charge in [-0.05, 0) is 6.42 Å². The molecule has 0 spiro atoms. The molecule has 0 aromatic heterocycles. The molecule has 0 saturated carbocycles. The van der Waals surface area contributed by atoms with Crippen LogP contribution in [-0.2, 0) is 0 Å². The van der Waals surface area contributed by atoms with Gasteiger partial charge in [-0.15, -0.1) is 6.61 Å². The summed E-state index contributed by atoms with van der Waals surface area (Å²) in [4.78, 5) is 0. The molecule has 0 saturated heterocycles. The second-order valence-corrected chi connectivity index (χ2v) is 3.41. The van der Waals surface area contributed by atoms with Crippen LogP contribution >= 0.6 is 0 Å². The van der Waals surface area contributed by atoms with Crippen molar-refractivity contribution in [1.82, 2.24) is 0 Å². The van der Waals surface area contributed by atoms with E-state index in [4.69, 9.17) is 0 Å². The zero-order valence-corrected chi connectivity index (χ0v) is 9.74. The Morgan fingerprint density at radius 3 is 1.83 bits per heavy atom. The summed E-state index contributed by atoms with van der Waals surface area (Å²) < 4.78 is 0. The van der Waals surface area contributed by atoms with E-state index >= 15 is 0 Å². The van der Waals surface area contributed by atoms with Gasteiger partial charge in [0.1, 0.15) is 0 Å². The third-order valence-corrected chi connectivity index (χ3v) is 1.60. The van der Waals surface area contributed by atoms with Gasteiger partial charge >= 0.3 is 37.7 Å². The maximum absolute atomic E-state index is 10.5. The summed E-state index contributed by atoms with van der Waals surface area (Å²) >= 11 is 0. The summed E-state index contributed by atoms with van der Waals surface area (Å²) in [6, 6.07) is 0. The first-order chi connectivity index (χ1) is 4.12. The summed E-state index contributed by atoms with van der Waals surface area (Å²) in [6.07, 6.45) is 3.46. The van der Waals surface area contributed by atoms with Crippen molar-refractivity contribution in [3.63, 3.8) is 0 Å². The van der Waals surface area contributed by atoms with E-state index in [-0.39, 0.29) is 57.2 Å². The molecule has 0 N–H and O–H groups in total. The molecule has 1 nitrogen and oxygen atoms in total. The molecular formula is C9H20Li2O. The Hall–Kier alpha value is 1.15. The van der Waals surface area contributed by atoms with Crippen LogP contribution in [0.5, 0.6) is 0 Å². The van der Waals surface area contributed by atoms with Crippen molar-refractivity contribution in [3.05, 3.63) is 7.43 Å². The van der Waals surface area contributed by atoms with Crippen molar-refractivity contribution in [2.45, 2.75) is 40.0 Å². The van der Waals surface area contributed by atoms with Gasteiger partial charge in [-0.2, -0.15) is 0 Å². The first kappa shape index (κ1) is 23.2. The molecule has 0 aliphatic carbocycles. The van der Waals surface area contributed by atoms with Crippen LogP contribution < -0.4 is 42.8 Å². The summed E-state index contributed by atoms with van der Waals surface area (Å²) in [5, 5.41) is 10.5. The van der Waals surface area contributed by atoms with Crippen LogP contribution in [0.25, 0.3) is 0 Å². The van der Waals surface area contributed by atoms with E-state index in [0.717, 1.165) is 6.42 Å². The van der Waals surface area contributed by atoms with Gasteiger partial charge in [0.25, 0.3) is 0 Å². The third kappa shape index (κ3) is 13.7. The Balaban J connectivity index is -0.000000107. The number of unbranched alkanes of at least 4 members (excludes halogenated alkanes) is 1. The van der Waals surface area contributed by atoms with E-state index in [9.17, 15) is 5.11 Å². The summed E-state index contributed by atoms with van der Waals surface area (Å²) in [5.74, 6) is 0. The first-order valence-electron chi connectivity index (χ1n) is 3.70. The van der Waals surface area contributed by atoms with Gasteiger partial charge in [0.05, 0.1) is 0 Å². The van der Waals surface area contributed by atoms with E-state index in [1.54, 1.807) is 0 Å². The first-order valence-corrected chi connectivity index (χ1v) is 3.70. The molecule has 64 valence electrons. The van der Waals surface area contributed by atoms with Gasteiger partial charge in [0.2, 0.25) is 0 Å². The van der Waals surface area contributed by atoms with E-state index in [2.05, 4.69) is 6.92 Å². The molecular weight excluding hydrogens is 138 g/mol. The summed E-state index contributed by atoms with van der Waals surface area (Å²) in [5.41, 5.74) is 0.0377. The summed E-state index contributed by atoms with van der Waals surface area (Å²) in [7, 11) is 0. The molecule has 0 aliphatic rings. The van der Waals surface area contributed by atoms with Crippen LogP contribution in [0.15, 0.2) is 0 Å². The Bertz CT molecular complexity index is 74.9.